The van der Waals surface area contributed by atoms with E-state index in [2.05, 4.69) is 0 Å². The number of hydrogen-bond acceptors (Lipinski definition) is 4. The fraction of sp³-hybridized carbons (Fsp3) is 0.538. The van der Waals surface area contributed by atoms with Gasteiger partial charge in [0.05, 0.1) is 18.7 Å². The van der Waals surface area contributed by atoms with Crippen LogP contribution in [0.3, 0.4) is 0 Å². The lowest BCUT2D eigenvalue weighted by atomic mass is 9.83. The van der Waals surface area contributed by atoms with Gasteiger partial charge in [-0.25, -0.2) is 0 Å². The highest BCUT2D eigenvalue weighted by atomic mass is 35.5. The molecule has 1 aliphatic heterocycles. The minimum atomic E-state index is -0.527. The average Bonchev–Trinajstić information content (AvgIpc) is 2.37. The van der Waals surface area contributed by atoms with Crippen LogP contribution in [0, 0.1) is 0 Å². The van der Waals surface area contributed by atoms with Crippen LogP contribution in [0.2, 0.25) is 5.02 Å². The third-order valence-electron chi connectivity index (χ3n) is 3.02. The van der Waals surface area contributed by atoms with Crippen LogP contribution in [-0.4, -0.2) is 32.0 Å². The van der Waals surface area contributed by atoms with Gasteiger partial charge < -0.3 is 19.3 Å². The monoisotopic (exact) mass is 272 g/mol. The molecule has 1 aromatic carbocycles. The summed E-state index contributed by atoms with van der Waals surface area (Å²) in [5.74, 6) is 1.74. The molecule has 5 heteroatoms. The molecule has 2 rings (SSSR count). The SMILES string of the molecule is COc1c(Cl)cc2c(c1C(C)(C)CO)OCCO2. The van der Waals surface area contributed by atoms with E-state index in [-0.39, 0.29) is 6.61 Å². The maximum absolute atomic E-state index is 9.56. The van der Waals surface area contributed by atoms with Gasteiger partial charge >= 0.3 is 0 Å². The highest BCUT2D eigenvalue weighted by Crippen LogP contribution is 2.49. The van der Waals surface area contributed by atoms with Gasteiger partial charge in [-0.05, 0) is 0 Å². The first-order valence-electron chi connectivity index (χ1n) is 5.78. The third kappa shape index (κ3) is 2.10. The Balaban J connectivity index is 2.69. The van der Waals surface area contributed by atoms with Gasteiger partial charge in [0.1, 0.15) is 19.0 Å². The molecule has 0 aromatic heterocycles. The van der Waals surface area contributed by atoms with Crippen molar-refractivity contribution >= 4 is 11.6 Å². The van der Waals surface area contributed by atoms with E-state index in [0.29, 0.717) is 35.5 Å². The molecule has 1 aliphatic rings. The average molecular weight is 273 g/mol. The molecule has 100 valence electrons. The predicted molar refractivity (Wildman–Crippen MR) is 69.1 cm³/mol. The minimum absolute atomic E-state index is 0.0422. The molecule has 0 atom stereocenters. The van der Waals surface area contributed by atoms with Crippen LogP contribution < -0.4 is 14.2 Å². The zero-order chi connectivity index (χ0) is 13.3. The first kappa shape index (κ1) is 13.3. The standard InChI is InChI=1S/C13H17ClO4/c1-13(2,7-15)10-11(16-3)8(14)6-9-12(10)18-5-4-17-9/h6,15H,4-5,7H2,1-3H3. The molecule has 4 nitrogen and oxygen atoms in total. The second-order valence-corrected chi connectivity index (χ2v) is 5.24. The maximum Gasteiger partial charge on any atom is 0.168 e. The minimum Gasteiger partial charge on any atom is -0.495 e. The second-order valence-electron chi connectivity index (χ2n) is 4.83. The third-order valence-corrected chi connectivity index (χ3v) is 3.30. The van der Waals surface area contributed by atoms with Gasteiger partial charge in [0.15, 0.2) is 11.5 Å². The molecular formula is C13H17ClO4. The Morgan fingerprint density at radius 3 is 2.67 bits per heavy atom. The van der Waals surface area contributed by atoms with Gasteiger partial charge in [-0.2, -0.15) is 0 Å². The van der Waals surface area contributed by atoms with E-state index in [4.69, 9.17) is 25.8 Å². The zero-order valence-electron chi connectivity index (χ0n) is 10.7. The molecule has 0 amide bonds. The van der Waals surface area contributed by atoms with Crippen molar-refractivity contribution in [3.63, 3.8) is 0 Å². The first-order valence-corrected chi connectivity index (χ1v) is 6.16. The van der Waals surface area contributed by atoms with Crippen LogP contribution in [0.1, 0.15) is 19.4 Å². The van der Waals surface area contributed by atoms with Crippen LogP contribution in [0.25, 0.3) is 0 Å². The number of aliphatic hydroxyl groups is 1. The largest absolute Gasteiger partial charge is 0.495 e. The number of halogens is 1. The van der Waals surface area contributed by atoms with Gasteiger partial charge in [0, 0.05) is 17.0 Å². The predicted octanol–water partition coefficient (Wildman–Crippen LogP) is 2.39. The number of benzene rings is 1. The Hall–Kier alpha value is -1.13. The Kier molecular flexibility index (Phi) is 3.59. The maximum atomic E-state index is 9.56. The summed E-state index contributed by atoms with van der Waals surface area (Å²) < 4.78 is 16.6. The topological polar surface area (TPSA) is 47.9 Å². The van der Waals surface area contributed by atoms with E-state index in [1.165, 1.54) is 0 Å². The lowest BCUT2D eigenvalue weighted by Gasteiger charge is -2.31. The quantitative estimate of drug-likeness (QED) is 0.918. The summed E-state index contributed by atoms with van der Waals surface area (Å²) in [6.07, 6.45) is 0. The molecule has 0 unspecified atom stereocenters. The van der Waals surface area contributed by atoms with Crippen LogP contribution in [-0.2, 0) is 5.41 Å². The molecule has 0 fully saturated rings. The number of aliphatic hydroxyl groups excluding tert-OH is 1. The number of methoxy groups -OCH3 is 1. The van der Waals surface area contributed by atoms with Crippen molar-refractivity contribution in [2.75, 3.05) is 26.9 Å². The molecule has 1 aromatic rings. The first-order chi connectivity index (χ1) is 8.51. The molecule has 1 heterocycles. The normalized spacial score (nSPS) is 14.5. The van der Waals surface area contributed by atoms with Gasteiger partial charge in [-0.1, -0.05) is 25.4 Å². The highest BCUT2D eigenvalue weighted by Gasteiger charge is 2.33. The van der Waals surface area contributed by atoms with E-state index in [9.17, 15) is 5.11 Å². The Bertz CT molecular complexity index is 457. The molecule has 0 aliphatic carbocycles. The Morgan fingerprint density at radius 1 is 1.39 bits per heavy atom. The fourth-order valence-electron chi connectivity index (χ4n) is 2.03. The van der Waals surface area contributed by atoms with Gasteiger partial charge in [0.25, 0.3) is 0 Å². The summed E-state index contributed by atoms with van der Waals surface area (Å²) in [5.41, 5.74) is 0.218. The molecule has 18 heavy (non-hydrogen) atoms. The van der Waals surface area contributed by atoms with Crippen LogP contribution in [0.4, 0.5) is 0 Å². The van der Waals surface area contributed by atoms with Gasteiger partial charge in [-0.15, -0.1) is 0 Å². The van der Waals surface area contributed by atoms with E-state index >= 15 is 0 Å². The van der Waals surface area contributed by atoms with E-state index in [0.717, 1.165) is 5.56 Å². The molecule has 0 radical (unpaired) electrons. The highest BCUT2D eigenvalue weighted by molar-refractivity contribution is 6.32. The van der Waals surface area contributed by atoms with Crippen molar-refractivity contribution in [1.29, 1.82) is 0 Å². The van der Waals surface area contributed by atoms with Crippen LogP contribution in [0.5, 0.6) is 17.2 Å². The van der Waals surface area contributed by atoms with E-state index < -0.39 is 5.41 Å². The number of hydrogen-bond donors (Lipinski definition) is 1. The zero-order valence-corrected chi connectivity index (χ0v) is 11.5. The lowest BCUT2D eigenvalue weighted by molar-refractivity contribution is 0.159. The molecule has 0 spiro atoms. The molecule has 1 N–H and O–H groups in total. The molecule has 0 saturated heterocycles. The van der Waals surface area contributed by atoms with Crippen molar-refractivity contribution in [2.24, 2.45) is 0 Å². The van der Waals surface area contributed by atoms with Crippen LogP contribution >= 0.6 is 11.6 Å². The summed E-state index contributed by atoms with van der Waals surface area (Å²) in [4.78, 5) is 0. The van der Waals surface area contributed by atoms with Crippen molar-refractivity contribution < 1.29 is 19.3 Å². The van der Waals surface area contributed by atoms with Gasteiger partial charge in [0.2, 0.25) is 0 Å². The van der Waals surface area contributed by atoms with Crippen molar-refractivity contribution in [2.45, 2.75) is 19.3 Å². The van der Waals surface area contributed by atoms with E-state index in [1.807, 2.05) is 13.8 Å². The second kappa shape index (κ2) is 4.86. The summed E-state index contributed by atoms with van der Waals surface area (Å²) in [5, 5.41) is 10.0. The summed E-state index contributed by atoms with van der Waals surface area (Å²) in [6, 6.07) is 1.69. The summed E-state index contributed by atoms with van der Waals surface area (Å²) >= 11 is 6.19. The number of ether oxygens (including phenoxy) is 3. The summed E-state index contributed by atoms with van der Waals surface area (Å²) in [7, 11) is 1.55. The molecule has 0 saturated carbocycles. The summed E-state index contributed by atoms with van der Waals surface area (Å²) in [6.45, 7) is 4.74. The molecule has 0 bridgehead atoms. The van der Waals surface area contributed by atoms with Crippen molar-refractivity contribution in [1.82, 2.24) is 0 Å². The van der Waals surface area contributed by atoms with Gasteiger partial charge in [-0.3, -0.25) is 0 Å². The van der Waals surface area contributed by atoms with Crippen LogP contribution in [0.15, 0.2) is 6.07 Å². The molecular weight excluding hydrogens is 256 g/mol. The fourth-order valence-corrected chi connectivity index (χ4v) is 2.30. The number of fused-ring (bicyclic) bond motifs is 1. The lowest BCUT2D eigenvalue weighted by Crippen LogP contribution is -2.26. The van der Waals surface area contributed by atoms with Crippen molar-refractivity contribution in [3.05, 3.63) is 16.7 Å². The Labute approximate surface area is 111 Å². The number of rotatable bonds is 3. The Morgan fingerprint density at radius 2 is 2.06 bits per heavy atom. The smallest absolute Gasteiger partial charge is 0.168 e. The van der Waals surface area contributed by atoms with E-state index in [1.54, 1.807) is 13.2 Å². The van der Waals surface area contributed by atoms with Crippen molar-refractivity contribution in [3.8, 4) is 17.2 Å².